The fraction of sp³-hybridized carbons (Fsp3) is 0. The van der Waals surface area contributed by atoms with Gasteiger partial charge in [0.05, 0.1) is 0 Å². The first-order chi connectivity index (χ1) is 1.91. The molecule has 0 unspecified atom stereocenters. The summed E-state index contributed by atoms with van der Waals surface area (Å²) in [5.41, 5.74) is 0. The summed E-state index contributed by atoms with van der Waals surface area (Å²) in [6.07, 6.45) is 0. The number of hydrogen-bond donors (Lipinski definition) is 0. The molecule has 0 atom stereocenters. The van der Waals surface area contributed by atoms with Gasteiger partial charge in [0.2, 0.25) is 0 Å². The molecule has 24 valence electrons. The summed E-state index contributed by atoms with van der Waals surface area (Å²) in [7, 11) is 0. The zero-order chi connectivity index (χ0) is 3.41. The van der Waals surface area contributed by atoms with E-state index >= 15 is 0 Å². The van der Waals surface area contributed by atoms with E-state index in [4.69, 9.17) is 10.2 Å². The van der Waals surface area contributed by atoms with Crippen molar-refractivity contribution >= 4 is 0 Å². The topological polar surface area (TPSA) is 61.7 Å². The average molecular weight is 101 g/mol. The first kappa shape index (κ1) is 9.37. The Hall–Kier alpha value is 0.996. The molecular formula is KNO3. The molecule has 0 aliphatic rings. The van der Waals surface area contributed by atoms with E-state index in [-0.39, 0.29) is 51.4 Å². The molecular weight excluding hydrogens is 101 g/mol. The smallest absolute Gasteiger partial charge is 0.635 e. The monoisotopic (exact) mass is 101 g/mol. The molecule has 0 amide bonds. The predicted octanol–water partition coefficient (Wildman–Crippen LogP) is -4.04. The Morgan fingerprint density at radius 1 is 1.80 bits per heavy atom. The summed E-state index contributed by atoms with van der Waals surface area (Å²) >= 11 is 0. The molecule has 5 heteroatoms. The van der Waals surface area contributed by atoms with Crippen molar-refractivity contribution in [3.8, 4) is 0 Å². The van der Waals surface area contributed by atoms with Gasteiger partial charge in [0, 0.05) is 0 Å². The van der Waals surface area contributed by atoms with Crippen molar-refractivity contribution in [3.63, 3.8) is 0 Å². The van der Waals surface area contributed by atoms with Crippen LogP contribution >= 0.6 is 0 Å². The van der Waals surface area contributed by atoms with Crippen LogP contribution in [0.15, 0.2) is 5.34 Å². The normalized spacial score (nSPS) is 4.20. The average Bonchev–Trinajstić information content (AvgIpc) is 1.37. The number of hydrogen-bond acceptors (Lipinski definition) is 4. The molecule has 0 bridgehead atoms. The van der Waals surface area contributed by atoms with E-state index in [9.17, 15) is 0 Å². The molecule has 0 aliphatic carbocycles. The van der Waals surface area contributed by atoms with Gasteiger partial charge in [-0.05, 0) is 0 Å². The molecule has 0 aromatic heterocycles. The maximum absolute atomic E-state index is 8.39. The van der Waals surface area contributed by atoms with E-state index in [0.717, 1.165) is 0 Å². The Morgan fingerprint density at radius 2 is 2.00 bits per heavy atom. The van der Waals surface area contributed by atoms with Crippen molar-refractivity contribution in [1.29, 1.82) is 0 Å². The molecule has 0 aliphatic heterocycles. The van der Waals surface area contributed by atoms with Crippen molar-refractivity contribution in [3.05, 3.63) is 4.91 Å². The van der Waals surface area contributed by atoms with Crippen LogP contribution in [-0.4, -0.2) is 0 Å². The minimum absolute atomic E-state index is 0. The van der Waals surface area contributed by atoms with Crippen LogP contribution in [0.3, 0.4) is 0 Å². The molecule has 0 N–H and O–H groups in total. The van der Waals surface area contributed by atoms with Crippen LogP contribution in [0, 0.1) is 4.91 Å². The molecule has 4 nitrogen and oxygen atoms in total. The quantitative estimate of drug-likeness (QED) is 0.146. The molecule has 0 saturated heterocycles. The van der Waals surface area contributed by atoms with Gasteiger partial charge in [0.1, 0.15) is 5.34 Å². The summed E-state index contributed by atoms with van der Waals surface area (Å²) in [5.74, 6) is 0. The van der Waals surface area contributed by atoms with Gasteiger partial charge >= 0.3 is 51.4 Å². The zero-order valence-corrected chi connectivity index (χ0v) is 5.80. The van der Waals surface area contributed by atoms with E-state index in [1.54, 1.807) is 0 Å². The Bertz CT molecular complexity index is 20.9. The maximum Gasteiger partial charge on any atom is 1.00 e. The van der Waals surface area contributed by atoms with Crippen LogP contribution in [0.4, 0.5) is 0 Å². The first-order valence-corrected chi connectivity index (χ1v) is 0.532. The molecule has 0 radical (unpaired) electrons. The molecule has 0 aromatic rings. The largest absolute Gasteiger partial charge is 1.00 e. The van der Waals surface area contributed by atoms with Gasteiger partial charge in [-0.1, -0.05) is 0 Å². The van der Waals surface area contributed by atoms with Gasteiger partial charge in [-0.2, -0.15) is 0 Å². The fourth-order valence-corrected chi connectivity index (χ4v) is 0. The van der Waals surface area contributed by atoms with Crippen molar-refractivity contribution in [2.75, 3.05) is 0 Å². The van der Waals surface area contributed by atoms with Gasteiger partial charge in [-0.3, -0.25) is 0 Å². The SMILES string of the molecule is O=NO[O-].[K+]. The van der Waals surface area contributed by atoms with E-state index in [1.807, 2.05) is 0 Å². The second-order valence-corrected chi connectivity index (χ2v) is 0.149. The van der Waals surface area contributed by atoms with Gasteiger partial charge in [0.15, 0.2) is 0 Å². The maximum atomic E-state index is 8.39. The summed E-state index contributed by atoms with van der Waals surface area (Å²) in [6, 6.07) is 0. The van der Waals surface area contributed by atoms with Crippen LogP contribution < -0.4 is 56.6 Å². The second-order valence-electron chi connectivity index (χ2n) is 0.149. The summed E-state index contributed by atoms with van der Waals surface area (Å²) in [4.78, 5) is 10.8. The van der Waals surface area contributed by atoms with Gasteiger partial charge in [-0.25, -0.2) is 0 Å². The third-order valence-electron chi connectivity index (χ3n) is 0.0304. The molecule has 0 fully saturated rings. The minimum Gasteiger partial charge on any atom is -0.635 e. The van der Waals surface area contributed by atoms with Gasteiger partial charge < -0.3 is 10.2 Å². The van der Waals surface area contributed by atoms with E-state index in [1.165, 1.54) is 5.34 Å². The molecule has 0 rings (SSSR count). The van der Waals surface area contributed by atoms with Crippen LogP contribution in [-0.2, 0) is 4.99 Å². The first-order valence-electron chi connectivity index (χ1n) is 0.532. The molecule has 0 heterocycles. The molecule has 0 saturated carbocycles. The van der Waals surface area contributed by atoms with E-state index < -0.39 is 0 Å². The fourth-order valence-electron chi connectivity index (χ4n) is 0. The molecule has 0 spiro atoms. The summed E-state index contributed by atoms with van der Waals surface area (Å²) < 4.78 is 0. The van der Waals surface area contributed by atoms with Crippen molar-refractivity contribution < 1.29 is 61.6 Å². The summed E-state index contributed by atoms with van der Waals surface area (Å²) in [5, 5.41) is 9.75. The van der Waals surface area contributed by atoms with Crippen LogP contribution in [0.1, 0.15) is 0 Å². The Labute approximate surface area is 70.8 Å². The molecule has 0 aromatic carbocycles. The Balaban J connectivity index is 0. The second kappa shape index (κ2) is 8.89. The Kier molecular flexibility index (Phi) is 16.7. The standard InChI is InChI=1S/K.HNO3/c;2-1-4-3/h;3H/q+1;/p-1. The molecule has 5 heavy (non-hydrogen) atoms. The van der Waals surface area contributed by atoms with Crippen molar-refractivity contribution in [2.24, 2.45) is 5.34 Å². The number of rotatable bonds is 1. The minimum atomic E-state index is 0. The third kappa shape index (κ3) is 11.3. The Morgan fingerprint density at radius 3 is 2.00 bits per heavy atom. The van der Waals surface area contributed by atoms with Gasteiger partial charge in [-0.15, -0.1) is 4.91 Å². The van der Waals surface area contributed by atoms with Crippen LogP contribution in [0.5, 0.6) is 0 Å². The van der Waals surface area contributed by atoms with Crippen molar-refractivity contribution in [1.82, 2.24) is 0 Å². The summed E-state index contributed by atoms with van der Waals surface area (Å²) in [6.45, 7) is 0. The van der Waals surface area contributed by atoms with E-state index in [2.05, 4.69) is 4.99 Å². The third-order valence-corrected chi connectivity index (χ3v) is 0.0304. The number of nitrogens with zero attached hydrogens (tertiary/aromatic N) is 1. The van der Waals surface area contributed by atoms with E-state index in [0.29, 0.717) is 0 Å². The predicted molar refractivity (Wildman–Crippen MR) is 6.88 cm³/mol. The van der Waals surface area contributed by atoms with Crippen LogP contribution in [0.2, 0.25) is 0 Å². The van der Waals surface area contributed by atoms with Crippen LogP contribution in [0.25, 0.3) is 0 Å². The van der Waals surface area contributed by atoms with Crippen molar-refractivity contribution in [2.45, 2.75) is 0 Å². The zero-order valence-electron chi connectivity index (χ0n) is 2.67. The van der Waals surface area contributed by atoms with Gasteiger partial charge in [0.25, 0.3) is 0 Å².